The van der Waals surface area contributed by atoms with E-state index in [-0.39, 0.29) is 0 Å². The van der Waals surface area contributed by atoms with Crippen LogP contribution in [0.2, 0.25) is 0 Å². The molecule has 0 aliphatic heterocycles. The molecule has 0 radical (unpaired) electrons. The molecule has 0 saturated heterocycles. The highest BCUT2D eigenvalue weighted by atomic mass is 14.8. The fraction of sp³-hybridized carbons (Fsp3) is 0.333. The van der Waals surface area contributed by atoms with Crippen LogP contribution in [-0.2, 0) is 0 Å². The molecule has 0 N–H and O–H groups in total. The zero-order valence-corrected chi connectivity index (χ0v) is 8.99. The van der Waals surface area contributed by atoms with E-state index < -0.39 is 0 Å². The van der Waals surface area contributed by atoms with Gasteiger partial charge in [-0.15, -0.1) is 0 Å². The van der Waals surface area contributed by atoms with E-state index in [1.165, 1.54) is 0 Å². The molecular weight excluding hydrogens is 172 g/mol. The second-order valence-electron chi connectivity index (χ2n) is 3.62. The van der Waals surface area contributed by atoms with Gasteiger partial charge in [-0.2, -0.15) is 0 Å². The fourth-order valence-electron chi connectivity index (χ4n) is 1.25. The fourth-order valence-corrected chi connectivity index (χ4v) is 1.25. The van der Waals surface area contributed by atoms with Crippen molar-refractivity contribution in [2.45, 2.75) is 20.8 Å². The summed E-state index contributed by atoms with van der Waals surface area (Å²) in [7, 11) is 0. The largest absolute Gasteiger partial charge is 0.244 e. The van der Waals surface area contributed by atoms with E-state index in [0.29, 0.717) is 5.92 Å². The molecular formula is C12H16N2. The van der Waals surface area contributed by atoms with E-state index in [4.69, 9.17) is 0 Å². The third-order valence-corrected chi connectivity index (χ3v) is 1.93. The zero-order chi connectivity index (χ0) is 10.6. The molecule has 14 heavy (non-hydrogen) atoms. The quantitative estimate of drug-likeness (QED) is 0.698. The maximum absolute atomic E-state index is 4.25. The van der Waals surface area contributed by atoms with Gasteiger partial charge < -0.3 is 0 Å². The second kappa shape index (κ2) is 4.70. The lowest BCUT2D eigenvalue weighted by molar-refractivity contribution is 0.876. The molecule has 2 nitrogen and oxygen atoms in total. The Hall–Kier alpha value is -1.44. The third kappa shape index (κ3) is 2.52. The monoisotopic (exact) mass is 188 g/mol. The van der Waals surface area contributed by atoms with Gasteiger partial charge in [0.25, 0.3) is 0 Å². The number of allylic oxidation sites excluding steroid dienone is 1. The Morgan fingerprint density at radius 1 is 1.50 bits per heavy atom. The van der Waals surface area contributed by atoms with Gasteiger partial charge in [-0.25, -0.2) is 9.97 Å². The summed E-state index contributed by atoms with van der Waals surface area (Å²) in [6.45, 7) is 10.0. The molecule has 0 aliphatic rings. The summed E-state index contributed by atoms with van der Waals surface area (Å²) in [5, 5.41) is 2.06. The predicted octanol–water partition coefficient (Wildman–Crippen LogP) is 1.27. The molecule has 0 amide bonds. The van der Waals surface area contributed by atoms with Crippen molar-refractivity contribution in [1.82, 2.24) is 9.97 Å². The molecule has 0 saturated carbocycles. The lowest BCUT2D eigenvalue weighted by Gasteiger charge is -1.96. The van der Waals surface area contributed by atoms with E-state index in [2.05, 4.69) is 36.5 Å². The molecule has 1 heterocycles. The van der Waals surface area contributed by atoms with Crippen LogP contribution in [-0.4, -0.2) is 9.97 Å². The number of hydrogen-bond acceptors (Lipinski definition) is 2. The van der Waals surface area contributed by atoms with Crippen molar-refractivity contribution >= 4 is 11.6 Å². The summed E-state index contributed by atoms with van der Waals surface area (Å²) < 4.78 is 0. The highest BCUT2D eigenvalue weighted by molar-refractivity contribution is 5.51. The van der Waals surface area contributed by atoms with Crippen molar-refractivity contribution in [3.8, 4) is 0 Å². The van der Waals surface area contributed by atoms with E-state index in [1.54, 1.807) is 6.33 Å². The SMILES string of the molecule is C=C/C(C)=c1/ncnc/c1=C/C(C)C. The molecule has 74 valence electrons. The van der Waals surface area contributed by atoms with E-state index in [0.717, 1.165) is 16.1 Å². The van der Waals surface area contributed by atoms with Crippen LogP contribution in [0.15, 0.2) is 25.2 Å². The van der Waals surface area contributed by atoms with Crippen molar-refractivity contribution in [2.24, 2.45) is 5.92 Å². The van der Waals surface area contributed by atoms with Gasteiger partial charge in [-0.3, -0.25) is 0 Å². The first-order valence-corrected chi connectivity index (χ1v) is 4.76. The Bertz CT molecular complexity index is 430. The van der Waals surface area contributed by atoms with Crippen LogP contribution in [0.3, 0.4) is 0 Å². The van der Waals surface area contributed by atoms with Crippen LogP contribution in [0.4, 0.5) is 0 Å². The molecule has 1 aromatic heterocycles. The summed E-state index contributed by atoms with van der Waals surface area (Å²) in [4.78, 5) is 8.28. The van der Waals surface area contributed by atoms with Crippen molar-refractivity contribution in [2.75, 3.05) is 0 Å². The Kier molecular flexibility index (Phi) is 3.57. The molecule has 0 aromatic carbocycles. The highest BCUT2D eigenvalue weighted by Gasteiger charge is 1.92. The molecule has 1 aromatic rings. The maximum Gasteiger partial charge on any atom is 0.116 e. The summed E-state index contributed by atoms with van der Waals surface area (Å²) >= 11 is 0. The Morgan fingerprint density at radius 2 is 2.21 bits per heavy atom. The van der Waals surface area contributed by atoms with Crippen molar-refractivity contribution in [3.05, 3.63) is 35.7 Å². The average Bonchev–Trinajstić information content (AvgIpc) is 2.16. The van der Waals surface area contributed by atoms with Gasteiger partial charge in [0.15, 0.2) is 0 Å². The number of rotatable bonds is 2. The smallest absolute Gasteiger partial charge is 0.116 e. The predicted molar refractivity (Wildman–Crippen MR) is 59.9 cm³/mol. The van der Waals surface area contributed by atoms with Crippen LogP contribution in [0.1, 0.15) is 20.8 Å². The third-order valence-electron chi connectivity index (χ3n) is 1.93. The topological polar surface area (TPSA) is 25.8 Å². The number of hydrogen-bond donors (Lipinski definition) is 0. The van der Waals surface area contributed by atoms with Crippen molar-refractivity contribution < 1.29 is 0 Å². The Morgan fingerprint density at radius 3 is 2.79 bits per heavy atom. The normalized spacial score (nSPS) is 14.4. The van der Waals surface area contributed by atoms with Gasteiger partial charge in [0.05, 0.1) is 5.35 Å². The standard InChI is InChI=1S/C12H16N2/c1-5-10(4)12-11(6-9(2)3)7-13-8-14-12/h5-9H,1H2,2-4H3/b11-6-,12-10+. The summed E-state index contributed by atoms with van der Waals surface area (Å²) in [6, 6.07) is 0. The van der Waals surface area contributed by atoms with Crippen LogP contribution >= 0.6 is 0 Å². The van der Waals surface area contributed by atoms with Crippen molar-refractivity contribution in [1.29, 1.82) is 0 Å². The van der Waals surface area contributed by atoms with Crippen LogP contribution in [0, 0.1) is 5.92 Å². The molecule has 0 fully saturated rings. The van der Waals surface area contributed by atoms with E-state index in [1.807, 2.05) is 19.2 Å². The zero-order valence-electron chi connectivity index (χ0n) is 8.99. The first-order chi connectivity index (χ1) is 6.65. The van der Waals surface area contributed by atoms with Gasteiger partial charge in [-0.05, 0) is 18.4 Å². The lowest BCUT2D eigenvalue weighted by Crippen LogP contribution is -2.30. The second-order valence-corrected chi connectivity index (χ2v) is 3.62. The minimum Gasteiger partial charge on any atom is -0.244 e. The maximum atomic E-state index is 4.25. The van der Waals surface area contributed by atoms with Gasteiger partial charge in [0.2, 0.25) is 0 Å². The minimum absolute atomic E-state index is 0.498. The highest BCUT2D eigenvalue weighted by Crippen LogP contribution is 1.91. The molecule has 0 aliphatic carbocycles. The minimum atomic E-state index is 0.498. The molecule has 0 unspecified atom stereocenters. The molecule has 0 atom stereocenters. The molecule has 2 heteroatoms. The lowest BCUT2D eigenvalue weighted by atomic mass is 10.1. The van der Waals surface area contributed by atoms with Gasteiger partial charge >= 0.3 is 0 Å². The first-order valence-electron chi connectivity index (χ1n) is 4.76. The summed E-state index contributed by atoms with van der Waals surface area (Å²) in [5.41, 5.74) is 1.08. The van der Waals surface area contributed by atoms with Gasteiger partial charge in [0.1, 0.15) is 6.33 Å². The van der Waals surface area contributed by atoms with E-state index >= 15 is 0 Å². The summed E-state index contributed by atoms with van der Waals surface area (Å²) in [6.07, 6.45) is 7.39. The van der Waals surface area contributed by atoms with E-state index in [9.17, 15) is 0 Å². The molecule has 1 rings (SSSR count). The molecule has 0 bridgehead atoms. The Labute approximate surface area is 84.7 Å². The van der Waals surface area contributed by atoms with Crippen LogP contribution in [0.25, 0.3) is 11.6 Å². The van der Waals surface area contributed by atoms with Crippen LogP contribution < -0.4 is 10.6 Å². The molecule has 0 spiro atoms. The average molecular weight is 188 g/mol. The van der Waals surface area contributed by atoms with Crippen LogP contribution in [0.5, 0.6) is 0 Å². The van der Waals surface area contributed by atoms with Gasteiger partial charge in [0, 0.05) is 11.4 Å². The Balaban J connectivity index is 3.53. The number of nitrogens with zero attached hydrogens (tertiary/aromatic N) is 2. The first kappa shape index (κ1) is 10.6. The van der Waals surface area contributed by atoms with Crippen molar-refractivity contribution in [3.63, 3.8) is 0 Å². The van der Waals surface area contributed by atoms with Gasteiger partial charge in [-0.1, -0.05) is 32.6 Å². The summed E-state index contributed by atoms with van der Waals surface area (Å²) in [5.74, 6) is 0.498. The number of aromatic nitrogens is 2.